The third kappa shape index (κ3) is 4.10. The van der Waals surface area contributed by atoms with Crippen molar-refractivity contribution in [3.05, 3.63) is 74.0 Å². The van der Waals surface area contributed by atoms with Gasteiger partial charge in [-0.15, -0.1) is 0 Å². The zero-order valence-corrected chi connectivity index (χ0v) is 16.4. The first-order valence-corrected chi connectivity index (χ1v) is 9.14. The lowest BCUT2D eigenvalue weighted by Crippen LogP contribution is -2.29. The molecule has 140 valence electrons. The Balaban J connectivity index is 1.92. The van der Waals surface area contributed by atoms with E-state index in [0.29, 0.717) is 33.4 Å². The van der Waals surface area contributed by atoms with E-state index in [-0.39, 0.29) is 17.5 Å². The van der Waals surface area contributed by atoms with Gasteiger partial charge in [-0.2, -0.15) is 0 Å². The molecule has 0 aliphatic carbocycles. The summed E-state index contributed by atoms with van der Waals surface area (Å²) in [6, 6.07) is 10.3. The highest BCUT2D eigenvalue weighted by atomic mass is 35.5. The molecule has 2 aromatic carbocycles. The van der Waals surface area contributed by atoms with Crippen molar-refractivity contribution in [1.29, 1.82) is 0 Å². The van der Waals surface area contributed by atoms with Crippen LogP contribution in [0.4, 0.5) is 0 Å². The number of nitrogens with zero attached hydrogens (tertiary/aromatic N) is 1. The predicted octanol–water partition coefficient (Wildman–Crippen LogP) is 4.17. The second-order valence-corrected chi connectivity index (χ2v) is 6.86. The van der Waals surface area contributed by atoms with Crippen molar-refractivity contribution in [3.63, 3.8) is 0 Å². The van der Waals surface area contributed by atoms with E-state index in [1.807, 2.05) is 6.92 Å². The van der Waals surface area contributed by atoms with E-state index in [0.717, 1.165) is 5.52 Å². The quantitative estimate of drug-likeness (QED) is 0.693. The van der Waals surface area contributed by atoms with Crippen LogP contribution in [0.15, 0.2) is 47.4 Å². The molecule has 0 spiro atoms. The lowest BCUT2D eigenvalue weighted by molar-refractivity contribution is 0.0949. The molecular weight excluding hydrogens is 387 g/mol. The van der Waals surface area contributed by atoms with Crippen LogP contribution in [0.1, 0.15) is 22.8 Å². The van der Waals surface area contributed by atoms with Crippen LogP contribution in [-0.2, 0) is 13.6 Å². The lowest BCUT2D eigenvalue weighted by atomic mass is 10.1. The van der Waals surface area contributed by atoms with Gasteiger partial charge in [0.25, 0.3) is 5.91 Å². The molecule has 1 amide bonds. The molecule has 1 N–H and O–H groups in total. The molecule has 0 saturated carbocycles. The van der Waals surface area contributed by atoms with Crippen molar-refractivity contribution in [2.75, 3.05) is 6.61 Å². The number of benzene rings is 2. The summed E-state index contributed by atoms with van der Waals surface area (Å²) in [5, 5.41) is 4.14. The average Bonchev–Trinajstić information content (AvgIpc) is 2.64. The number of amides is 1. The fourth-order valence-electron chi connectivity index (χ4n) is 2.83. The summed E-state index contributed by atoms with van der Waals surface area (Å²) in [6.45, 7) is 2.55. The normalized spacial score (nSPS) is 10.8. The van der Waals surface area contributed by atoms with Gasteiger partial charge in [-0.1, -0.05) is 29.3 Å². The van der Waals surface area contributed by atoms with E-state index >= 15 is 0 Å². The minimum absolute atomic E-state index is 0.0590. The Morgan fingerprint density at radius 1 is 1.19 bits per heavy atom. The number of hydrogen-bond donors (Lipinski definition) is 1. The van der Waals surface area contributed by atoms with Gasteiger partial charge in [0.05, 0.1) is 17.5 Å². The van der Waals surface area contributed by atoms with E-state index in [1.54, 1.807) is 48.0 Å². The van der Waals surface area contributed by atoms with Crippen LogP contribution < -0.4 is 15.5 Å². The molecule has 0 bridgehead atoms. The molecule has 27 heavy (non-hydrogen) atoms. The Kier molecular flexibility index (Phi) is 5.73. The summed E-state index contributed by atoms with van der Waals surface area (Å²) in [6.07, 6.45) is 1.53. The van der Waals surface area contributed by atoms with Gasteiger partial charge in [-0.3, -0.25) is 9.59 Å². The molecule has 0 radical (unpaired) electrons. The maximum atomic E-state index is 12.8. The number of pyridine rings is 1. The van der Waals surface area contributed by atoms with Crippen LogP contribution in [0.5, 0.6) is 5.75 Å². The minimum Gasteiger partial charge on any atom is -0.494 e. The monoisotopic (exact) mass is 404 g/mol. The van der Waals surface area contributed by atoms with Gasteiger partial charge in [0.2, 0.25) is 5.43 Å². The van der Waals surface area contributed by atoms with Crippen LogP contribution in [0.2, 0.25) is 10.0 Å². The van der Waals surface area contributed by atoms with Crippen molar-refractivity contribution in [3.8, 4) is 5.75 Å². The lowest BCUT2D eigenvalue weighted by Gasteiger charge is -2.11. The first-order valence-electron chi connectivity index (χ1n) is 8.39. The second kappa shape index (κ2) is 8.03. The molecule has 0 atom stereocenters. The predicted molar refractivity (Wildman–Crippen MR) is 108 cm³/mol. The summed E-state index contributed by atoms with van der Waals surface area (Å²) in [5.74, 6) is 0.123. The third-order valence-corrected chi connectivity index (χ3v) is 4.76. The van der Waals surface area contributed by atoms with Crippen LogP contribution in [0.25, 0.3) is 10.9 Å². The summed E-state index contributed by atoms with van der Waals surface area (Å²) in [5.41, 5.74) is 1.15. The van der Waals surface area contributed by atoms with Gasteiger partial charge in [0.1, 0.15) is 11.3 Å². The summed E-state index contributed by atoms with van der Waals surface area (Å²) >= 11 is 12.0. The van der Waals surface area contributed by atoms with Crippen molar-refractivity contribution in [2.45, 2.75) is 13.5 Å². The number of hydrogen-bond acceptors (Lipinski definition) is 3. The Morgan fingerprint density at radius 3 is 2.67 bits per heavy atom. The van der Waals surface area contributed by atoms with Crippen molar-refractivity contribution < 1.29 is 9.53 Å². The molecule has 3 rings (SSSR count). The molecular formula is C20H18Cl2N2O3. The molecule has 0 aliphatic heterocycles. The standard InChI is InChI=1S/C20H18Cl2N2O3/c1-3-27-14-6-7-18-15(9-14)19(25)16(11-24(18)2)20(26)23-10-12-4-5-13(21)8-17(12)22/h4-9,11H,3,10H2,1-2H3,(H,23,26). The van der Waals surface area contributed by atoms with Gasteiger partial charge < -0.3 is 14.6 Å². The number of carbonyl (C=O) groups is 1. The number of fused-ring (bicyclic) bond motifs is 1. The van der Waals surface area contributed by atoms with Crippen LogP contribution in [0.3, 0.4) is 0 Å². The molecule has 7 heteroatoms. The van der Waals surface area contributed by atoms with Crippen molar-refractivity contribution >= 4 is 40.0 Å². The number of aryl methyl sites for hydroxylation is 1. The highest BCUT2D eigenvalue weighted by molar-refractivity contribution is 6.35. The zero-order chi connectivity index (χ0) is 19.6. The fraction of sp³-hybridized carbons (Fsp3) is 0.200. The molecule has 1 aromatic heterocycles. The SMILES string of the molecule is CCOc1ccc2c(c1)c(=O)c(C(=O)NCc1ccc(Cl)cc1Cl)cn2C. The van der Waals surface area contributed by atoms with Crippen LogP contribution >= 0.6 is 23.2 Å². The van der Waals surface area contributed by atoms with E-state index in [1.165, 1.54) is 6.20 Å². The summed E-state index contributed by atoms with van der Waals surface area (Å²) in [4.78, 5) is 25.4. The largest absolute Gasteiger partial charge is 0.494 e. The zero-order valence-electron chi connectivity index (χ0n) is 14.9. The summed E-state index contributed by atoms with van der Waals surface area (Å²) < 4.78 is 7.21. The highest BCUT2D eigenvalue weighted by Gasteiger charge is 2.15. The smallest absolute Gasteiger partial charge is 0.257 e. The maximum absolute atomic E-state index is 12.8. The molecule has 1 heterocycles. The van der Waals surface area contributed by atoms with Crippen LogP contribution in [-0.4, -0.2) is 17.1 Å². The Hall–Kier alpha value is -2.50. The molecule has 5 nitrogen and oxygen atoms in total. The van der Waals surface area contributed by atoms with Crippen LogP contribution in [0, 0.1) is 0 Å². The molecule has 0 aliphatic rings. The number of rotatable bonds is 5. The topological polar surface area (TPSA) is 60.3 Å². The van der Waals surface area contributed by atoms with Gasteiger partial charge in [0, 0.05) is 29.8 Å². The summed E-state index contributed by atoms with van der Waals surface area (Å²) in [7, 11) is 1.79. The van der Waals surface area contributed by atoms with E-state index in [4.69, 9.17) is 27.9 Å². The first-order chi connectivity index (χ1) is 12.9. The molecule has 3 aromatic rings. The third-order valence-electron chi connectivity index (χ3n) is 4.17. The van der Waals surface area contributed by atoms with Crippen molar-refractivity contribution in [1.82, 2.24) is 9.88 Å². The Bertz CT molecular complexity index is 1080. The fourth-order valence-corrected chi connectivity index (χ4v) is 3.30. The second-order valence-electron chi connectivity index (χ2n) is 6.01. The Morgan fingerprint density at radius 2 is 1.96 bits per heavy atom. The van der Waals surface area contributed by atoms with Crippen molar-refractivity contribution in [2.24, 2.45) is 7.05 Å². The van der Waals surface area contributed by atoms with E-state index in [2.05, 4.69) is 5.32 Å². The Labute approximate surface area is 166 Å². The minimum atomic E-state index is -0.467. The van der Waals surface area contributed by atoms with E-state index in [9.17, 15) is 9.59 Å². The van der Waals surface area contributed by atoms with Gasteiger partial charge in [0.15, 0.2) is 0 Å². The number of carbonyl (C=O) groups excluding carboxylic acids is 1. The molecule has 0 saturated heterocycles. The first kappa shape index (κ1) is 19.3. The average molecular weight is 405 g/mol. The highest BCUT2D eigenvalue weighted by Crippen LogP contribution is 2.21. The number of aromatic nitrogens is 1. The van der Waals surface area contributed by atoms with Gasteiger partial charge in [-0.05, 0) is 42.8 Å². The van der Waals surface area contributed by atoms with Gasteiger partial charge in [-0.25, -0.2) is 0 Å². The number of nitrogens with one attached hydrogen (secondary N) is 1. The van der Waals surface area contributed by atoms with E-state index < -0.39 is 5.91 Å². The molecule has 0 unspecified atom stereocenters. The maximum Gasteiger partial charge on any atom is 0.257 e. The number of halogens is 2. The number of ether oxygens (including phenoxy) is 1. The molecule has 0 fully saturated rings. The van der Waals surface area contributed by atoms with Gasteiger partial charge >= 0.3 is 0 Å².